The Balaban J connectivity index is 0.00000169. The van der Waals surface area contributed by atoms with Gasteiger partial charge in [0.05, 0.1) is 18.2 Å². The van der Waals surface area contributed by atoms with Crippen LogP contribution in [0.1, 0.15) is 46.1 Å². The lowest BCUT2D eigenvalue weighted by atomic mass is 10.0. The van der Waals surface area contributed by atoms with Gasteiger partial charge in [0.2, 0.25) is 0 Å². The zero-order valence-electron chi connectivity index (χ0n) is 14.9. The van der Waals surface area contributed by atoms with Crippen LogP contribution in [0.4, 0.5) is 0 Å². The van der Waals surface area contributed by atoms with Crippen LogP contribution >= 0.6 is 24.8 Å². The highest BCUT2D eigenvalue weighted by Gasteiger charge is 2.24. The molecule has 0 bridgehead atoms. The van der Waals surface area contributed by atoms with Crippen LogP contribution < -0.4 is 11.1 Å². The second-order valence-corrected chi connectivity index (χ2v) is 6.39. The van der Waals surface area contributed by atoms with E-state index in [1.165, 1.54) is 30.2 Å². The molecule has 0 aliphatic carbocycles. The molecule has 1 fully saturated rings. The molecule has 2 aromatic rings. The second-order valence-electron chi connectivity index (χ2n) is 6.39. The van der Waals surface area contributed by atoms with Gasteiger partial charge < -0.3 is 15.5 Å². The number of halogens is 2. The van der Waals surface area contributed by atoms with E-state index < -0.39 is 0 Å². The number of hydrogen-bond acceptors (Lipinski definition) is 4. The van der Waals surface area contributed by atoms with E-state index in [9.17, 15) is 4.79 Å². The van der Waals surface area contributed by atoms with Crippen LogP contribution in [0.25, 0.3) is 0 Å². The average molecular weight is 400 g/mol. The van der Waals surface area contributed by atoms with Crippen LogP contribution in [0.3, 0.4) is 0 Å². The molecule has 1 saturated heterocycles. The van der Waals surface area contributed by atoms with Crippen molar-refractivity contribution in [2.75, 3.05) is 19.6 Å². The first-order valence-corrected chi connectivity index (χ1v) is 8.53. The molecule has 7 heteroatoms. The smallest absolute Gasteiger partial charge is 0.254 e. The summed E-state index contributed by atoms with van der Waals surface area (Å²) >= 11 is 0. The summed E-state index contributed by atoms with van der Waals surface area (Å²) in [5, 5.41) is 3.05. The van der Waals surface area contributed by atoms with Crippen molar-refractivity contribution < 1.29 is 9.21 Å². The number of nitrogens with two attached hydrogens (primary N) is 1. The highest BCUT2D eigenvalue weighted by Crippen LogP contribution is 2.25. The molecular weight excluding hydrogens is 373 g/mol. The van der Waals surface area contributed by atoms with Gasteiger partial charge in [-0.05, 0) is 44.5 Å². The molecule has 3 N–H and O–H groups in total. The van der Waals surface area contributed by atoms with E-state index in [2.05, 4.69) is 41.4 Å². The van der Waals surface area contributed by atoms with Crippen LogP contribution in [-0.4, -0.2) is 30.4 Å². The second kappa shape index (κ2) is 10.6. The molecule has 1 amide bonds. The summed E-state index contributed by atoms with van der Waals surface area (Å²) < 4.78 is 5.24. The quantitative estimate of drug-likeness (QED) is 0.779. The Kier molecular flexibility index (Phi) is 9.16. The monoisotopic (exact) mass is 399 g/mol. The lowest BCUT2D eigenvalue weighted by molar-refractivity contribution is 0.0937. The van der Waals surface area contributed by atoms with E-state index >= 15 is 0 Å². The van der Waals surface area contributed by atoms with Crippen LogP contribution in [0.5, 0.6) is 0 Å². The molecule has 0 spiro atoms. The SMILES string of the molecule is Cc1ccc(C(CNC(=O)c2coc(CN)c2)N2CCCC2)cc1.Cl.Cl. The largest absolute Gasteiger partial charge is 0.467 e. The number of nitrogens with one attached hydrogen (secondary N) is 1. The maximum atomic E-state index is 12.3. The fourth-order valence-corrected chi connectivity index (χ4v) is 3.20. The summed E-state index contributed by atoms with van der Waals surface area (Å²) in [4.78, 5) is 14.8. The minimum atomic E-state index is -0.116. The van der Waals surface area contributed by atoms with Crippen LogP contribution in [0, 0.1) is 6.92 Å². The minimum Gasteiger partial charge on any atom is -0.467 e. The van der Waals surface area contributed by atoms with Crippen molar-refractivity contribution in [2.45, 2.75) is 32.4 Å². The van der Waals surface area contributed by atoms with Crippen LogP contribution in [0.15, 0.2) is 41.0 Å². The Labute approximate surface area is 167 Å². The van der Waals surface area contributed by atoms with Gasteiger partial charge in [0.15, 0.2) is 0 Å². The number of benzene rings is 1. The Bertz CT molecular complexity index is 682. The lowest BCUT2D eigenvalue weighted by Gasteiger charge is -2.28. The molecule has 0 saturated carbocycles. The third-order valence-electron chi connectivity index (χ3n) is 4.62. The average Bonchev–Trinajstić information content (AvgIpc) is 3.28. The van der Waals surface area contributed by atoms with Crippen molar-refractivity contribution in [1.29, 1.82) is 0 Å². The van der Waals surface area contributed by atoms with Gasteiger partial charge in [-0.3, -0.25) is 9.69 Å². The van der Waals surface area contributed by atoms with Crippen molar-refractivity contribution in [2.24, 2.45) is 5.73 Å². The van der Waals surface area contributed by atoms with Crippen LogP contribution in [-0.2, 0) is 6.54 Å². The van der Waals surface area contributed by atoms with E-state index in [0.717, 1.165) is 13.1 Å². The molecule has 1 aromatic heterocycles. The third-order valence-corrected chi connectivity index (χ3v) is 4.62. The molecule has 1 aromatic carbocycles. The first-order valence-electron chi connectivity index (χ1n) is 8.53. The number of carbonyl (C=O) groups excluding carboxylic acids is 1. The van der Waals surface area contributed by atoms with Crippen molar-refractivity contribution in [3.8, 4) is 0 Å². The summed E-state index contributed by atoms with van der Waals surface area (Å²) in [5.41, 5.74) is 8.55. The number of furan rings is 1. The van der Waals surface area contributed by atoms with Gasteiger partial charge in [-0.15, -0.1) is 24.8 Å². The number of nitrogens with zero attached hydrogens (tertiary/aromatic N) is 1. The zero-order chi connectivity index (χ0) is 16.9. The van der Waals surface area contributed by atoms with E-state index in [-0.39, 0.29) is 36.8 Å². The fraction of sp³-hybridized carbons (Fsp3) is 0.421. The third kappa shape index (κ3) is 5.48. The Morgan fingerprint density at radius 3 is 2.46 bits per heavy atom. The highest BCUT2D eigenvalue weighted by molar-refractivity contribution is 5.94. The number of carbonyl (C=O) groups is 1. The number of aryl methyl sites for hydroxylation is 1. The number of likely N-dealkylation sites (tertiary alicyclic amines) is 1. The van der Waals surface area contributed by atoms with Gasteiger partial charge in [0, 0.05) is 6.54 Å². The molecule has 144 valence electrons. The first-order chi connectivity index (χ1) is 11.7. The summed E-state index contributed by atoms with van der Waals surface area (Å²) in [5.74, 6) is 0.504. The Morgan fingerprint density at radius 2 is 1.88 bits per heavy atom. The predicted molar refractivity (Wildman–Crippen MR) is 108 cm³/mol. The van der Waals surface area contributed by atoms with E-state index in [0.29, 0.717) is 24.4 Å². The van der Waals surface area contributed by atoms with E-state index in [4.69, 9.17) is 10.2 Å². The van der Waals surface area contributed by atoms with E-state index in [1.807, 2.05) is 0 Å². The minimum absolute atomic E-state index is 0. The van der Waals surface area contributed by atoms with E-state index in [1.54, 1.807) is 6.07 Å². The molecule has 3 rings (SSSR count). The summed E-state index contributed by atoms with van der Waals surface area (Å²) in [6, 6.07) is 10.5. The van der Waals surface area contributed by atoms with Crippen molar-refractivity contribution >= 4 is 30.7 Å². The lowest BCUT2D eigenvalue weighted by Crippen LogP contribution is -2.36. The van der Waals surface area contributed by atoms with Crippen molar-refractivity contribution in [3.05, 3.63) is 59.0 Å². The van der Waals surface area contributed by atoms with Gasteiger partial charge in [0.25, 0.3) is 5.91 Å². The topological polar surface area (TPSA) is 71.5 Å². The highest BCUT2D eigenvalue weighted by atomic mass is 35.5. The fourth-order valence-electron chi connectivity index (χ4n) is 3.20. The molecule has 2 heterocycles. The molecule has 26 heavy (non-hydrogen) atoms. The predicted octanol–water partition coefficient (Wildman–Crippen LogP) is 3.46. The van der Waals surface area contributed by atoms with Gasteiger partial charge in [0.1, 0.15) is 12.0 Å². The molecule has 1 unspecified atom stereocenters. The normalized spacial score (nSPS) is 15.0. The first kappa shape index (κ1) is 22.5. The van der Waals surface area contributed by atoms with Gasteiger partial charge >= 0.3 is 0 Å². The maximum absolute atomic E-state index is 12.3. The standard InChI is InChI=1S/C19H25N3O2.2ClH/c1-14-4-6-15(7-5-14)18(22-8-2-3-9-22)12-21-19(23)16-10-17(11-20)24-13-16;;/h4-7,10,13,18H,2-3,8-9,11-12,20H2,1H3,(H,21,23);2*1H. The molecule has 5 nitrogen and oxygen atoms in total. The van der Waals surface area contributed by atoms with Crippen molar-refractivity contribution in [3.63, 3.8) is 0 Å². The van der Waals surface area contributed by atoms with Gasteiger partial charge in [-0.2, -0.15) is 0 Å². The molecular formula is C19H27Cl2N3O2. The van der Waals surface area contributed by atoms with Gasteiger partial charge in [-0.25, -0.2) is 0 Å². The Morgan fingerprint density at radius 1 is 1.23 bits per heavy atom. The number of rotatable bonds is 6. The number of amides is 1. The summed E-state index contributed by atoms with van der Waals surface area (Å²) in [6.45, 7) is 5.14. The molecule has 1 atom stereocenters. The number of hydrogen-bond donors (Lipinski definition) is 2. The Hall–Kier alpha value is -1.53. The maximum Gasteiger partial charge on any atom is 0.254 e. The molecule has 1 aliphatic heterocycles. The summed E-state index contributed by atoms with van der Waals surface area (Å²) in [6.07, 6.45) is 3.91. The van der Waals surface area contributed by atoms with Crippen molar-refractivity contribution in [1.82, 2.24) is 10.2 Å². The van der Waals surface area contributed by atoms with Gasteiger partial charge in [-0.1, -0.05) is 29.8 Å². The molecule has 1 aliphatic rings. The van der Waals surface area contributed by atoms with Crippen LogP contribution in [0.2, 0.25) is 0 Å². The summed E-state index contributed by atoms with van der Waals surface area (Å²) in [7, 11) is 0. The molecule has 0 radical (unpaired) electrons. The zero-order valence-corrected chi connectivity index (χ0v) is 16.6.